The van der Waals surface area contributed by atoms with E-state index in [1.165, 1.54) is 0 Å². The zero-order valence-electron chi connectivity index (χ0n) is 18.5. The van der Waals surface area contributed by atoms with E-state index in [1.807, 2.05) is 28.7 Å². The number of amides is 1. The van der Waals surface area contributed by atoms with Crippen LogP contribution in [0.25, 0.3) is 10.8 Å². The van der Waals surface area contributed by atoms with Gasteiger partial charge in [-0.3, -0.25) is 9.78 Å². The van der Waals surface area contributed by atoms with Crippen molar-refractivity contribution in [2.24, 2.45) is 0 Å². The van der Waals surface area contributed by atoms with E-state index in [0.717, 1.165) is 53.1 Å². The van der Waals surface area contributed by atoms with E-state index in [1.54, 1.807) is 6.08 Å². The van der Waals surface area contributed by atoms with Gasteiger partial charge in [0, 0.05) is 42.8 Å². The van der Waals surface area contributed by atoms with E-state index in [2.05, 4.69) is 54.2 Å². The number of hydrogen-bond acceptors (Lipinski definition) is 5. The molecule has 1 N–H and O–H groups in total. The van der Waals surface area contributed by atoms with Crippen LogP contribution in [0.5, 0.6) is 0 Å². The van der Waals surface area contributed by atoms with E-state index in [-0.39, 0.29) is 11.7 Å². The Kier molecular flexibility index (Phi) is 5.19. The molecule has 2 aromatic rings. The maximum absolute atomic E-state index is 13.1. The van der Waals surface area contributed by atoms with Gasteiger partial charge in [-0.05, 0) is 39.3 Å². The fraction of sp³-hybridized carbons (Fsp3) is 0.435. The van der Waals surface area contributed by atoms with Gasteiger partial charge in [-0.15, -0.1) is 0 Å². The zero-order chi connectivity index (χ0) is 21.7. The minimum atomic E-state index is 0.0268. The molecule has 5 heterocycles. The van der Waals surface area contributed by atoms with Gasteiger partial charge in [0.05, 0.1) is 40.3 Å². The van der Waals surface area contributed by atoms with E-state index >= 15 is 0 Å². The van der Waals surface area contributed by atoms with Crippen LogP contribution in [0.4, 0.5) is 0 Å². The van der Waals surface area contributed by atoms with Gasteiger partial charge < -0.3 is 15.1 Å². The zero-order valence-corrected chi connectivity index (χ0v) is 19.5. The summed E-state index contributed by atoms with van der Waals surface area (Å²) in [6, 6.07) is 2.94. The molecular formula is C23H29N6OP. The summed E-state index contributed by atoms with van der Waals surface area (Å²) in [6.45, 7) is 10.4. The number of piperazine rings is 1. The van der Waals surface area contributed by atoms with Crippen LogP contribution in [0, 0.1) is 6.92 Å². The minimum Gasteiger partial charge on any atom is -0.367 e. The molecule has 0 aromatic carbocycles. The molecule has 3 aliphatic rings. The molecule has 0 radical (unpaired) electrons. The number of rotatable bonds is 3. The Balaban J connectivity index is 1.42. The number of carbonyl (C=O) groups is 1. The molecule has 0 bridgehead atoms. The molecule has 1 saturated heterocycles. The van der Waals surface area contributed by atoms with Crippen LogP contribution < -0.4 is 5.32 Å². The largest absolute Gasteiger partial charge is 0.367 e. The van der Waals surface area contributed by atoms with Crippen molar-refractivity contribution in [3.8, 4) is 0 Å². The molecule has 7 nitrogen and oxygen atoms in total. The Morgan fingerprint density at radius 2 is 2.03 bits per heavy atom. The maximum Gasteiger partial charge on any atom is 0.252 e. The standard InChI is InChI=1S/C23H29N6OP/c1-5-18-20-8-19(26-29(20)12-16(4)25-18)21-9-22(30)28-13-17(6-7-23(28)31-21)27-10-14(2)24-15(3)11-27/h6-9,12-15,23-24,31H,5,10-11H2,1-4H3/t14-,15+,23?. The van der Waals surface area contributed by atoms with Crippen molar-refractivity contribution in [1.29, 1.82) is 0 Å². The Morgan fingerprint density at radius 3 is 2.77 bits per heavy atom. The summed E-state index contributed by atoms with van der Waals surface area (Å²) in [5, 5.41) is 9.35. The highest BCUT2D eigenvalue weighted by Crippen LogP contribution is 2.44. The third-order valence-electron chi connectivity index (χ3n) is 6.03. The molecule has 1 fully saturated rings. The normalized spacial score (nSPS) is 27.0. The van der Waals surface area contributed by atoms with Crippen LogP contribution in [0.2, 0.25) is 0 Å². The first-order chi connectivity index (χ1) is 14.9. The van der Waals surface area contributed by atoms with Gasteiger partial charge in [0.2, 0.25) is 0 Å². The molecule has 0 aliphatic carbocycles. The number of nitrogens with one attached hydrogen (secondary N) is 1. The van der Waals surface area contributed by atoms with Crippen LogP contribution in [-0.4, -0.2) is 61.3 Å². The maximum atomic E-state index is 13.1. The summed E-state index contributed by atoms with van der Waals surface area (Å²) in [5.74, 6) is 0.0863. The lowest BCUT2D eigenvalue weighted by atomic mass is 10.1. The van der Waals surface area contributed by atoms with Crippen LogP contribution >= 0.6 is 8.58 Å². The average Bonchev–Trinajstić information content (AvgIpc) is 3.16. The summed E-state index contributed by atoms with van der Waals surface area (Å²) < 4.78 is 1.90. The van der Waals surface area contributed by atoms with Crippen molar-refractivity contribution in [1.82, 2.24) is 29.7 Å². The smallest absolute Gasteiger partial charge is 0.252 e. The first kappa shape index (κ1) is 20.4. The number of fused-ring (bicyclic) bond motifs is 2. The monoisotopic (exact) mass is 436 g/mol. The van der Waals surface area contributed by atoms with E-state index in [0.29, 0.717) is 20.7 Å². The highest BCUT2D eigenvalue weighted by atomic mass is 31.1. The molecule has 0 saturated carbocycles. The van der Waals surface area contributed by atoms with E-state index in [9.17, 15) is 4.79 Å². The molecule has 1 amide bonds. The molecule has 4 atom stereocenters. The van der Waals surface area contributed by atoms with Crippen molar-refractivity contribution in [3.63, 3.8) is 0 Å². The number of hydrogen-bond donors (Lipinski definition) is 1. The predicted molar refractivity (Wildman–Crippen MR) is 125 cm³/mol. The van der Waals surface area contributed by atoms with E-state index < -0.39 is 0 Å². The van der Waals surface area contributed by atoms with Gasteiger partial charge >= 0.3 is 0 Å². The molecule has 2 aromatic heterocycles. The van der Waals surface area contributed by atoms with Crippen molar-refractivity contribution < 1.29 is 4.79 Å². The fourth-order valence-electron chi connectivity index (χ4n) is 4.71. The van der Waals surface area contributed by atoms with Gasteiger partial charge in [-0.2, -0.15) is 5.10 Å². The second kappa shape index (κ2) is 7.88. The van der Waals surface area contributed by atoms with Crippen molar-refractivity contribution in [2.45, 2.75) is 52.0 Å². The van der Waals surface area contributed by atoms with Crippen molar-refractivity contribution >= 4 is 25.3 Å². The number of aromatic nitrogens is 3. The van der Waals surface area contributed by atoms with Gasteiger partial charge in [0.1, 0.15) is 0 Å². The lowest BCUT2D eigenvalue weighted by Crippen LogP contribution is -2.54. The highest BCUT2D eigenvalue weighted by Gasteiger charge is 2.31. The van der Waals surface area contributed by atoms with Crippen molar-refractivity contribution in [2.75, 3.05) is 13.1 Å². The number of aryl methyl sites for hydroxylation is 2. The summed E-state index contributed by atoms with van der Waals surface area (Å²) in [4.78, 5) is 22.0. The minimum absolute atomic E-state index is 0.0268. The van der Waals surface area contributed by atoms with Crippen LogP contribution in [0.1, 0.15) is 37.9 Å². The van der Waals surface area contributed by atoms with Crippen LogP contribution in [0.3, 0.4) is 0 Å². The molecule has 2 unspecified atom stereocenters. The Labute approximate surface area is 184 Å². The van der Waals surface area contributed by atoms with Crippen LogP contribution in [-0.2, 0) is 11.2 Å². The molecular weight excluding hydrogens is 407 g/mol. The lowest BCUT2D eigenvalue weighted by molar-refractivity contribution is -0.123. The Bertz CT molecular complexity index is 1120. The SMILES string of the molecule is CCc1nc(C)cn2nc(C3=CC(=O)N4C=C(N5C[C@@H](C)N[C@@H](C)C5)C=CC4P3)cc12. The first-order valence-electron chi connectivity index (χ1n) is 11.0. The van der Waals surface area contributed by atoms with E-state index in [4.69, 9.17) is 5.10 Å². The third kappa shape index (κ3) is 3.81. The number of carbonyl (C=O) groups excluding carboxylic acids is 1. The topological polar surface area (TPSA) is 65.8 Å². The second-order valence-electron chi connectivity index (χ2n) is 8.72. The Morgan fingerprint density at radius 1 is 1.26 bits per heavy atom. The van der Waals surface area contributed by atoms with Crippen LogP contribution in [0.15, 0.2) is 42.4 Å². The Hall–Kier alpha value is -2.50. The molecule has 3 aliphatic heterocycles. The number of allylic oxidation sites excluding steroid dienone is 1. The molecule has 31 heavy (non-hydrogen) atoms. The quantitative estimate of drug-likeness (QED) is 0.750. The third-order valence-corrected chi connectivity index (χ3v) is 7.51. The summed E-state index contributed by atoms with van der Waals surface area (Å²) in [5.41, 5.74) is 5.00. The summed E-state index contributed by atoms with van der Waals surface area (Å²) in [6.07, 6.45) is 11.0. The van der Waals surface area contributed by atoms with Gasteiger partial charge in [-0.25, -0.2) is 4.52 Å². The fourth-order valence-corrected chi connectivity index (χ4v) is 6.04. The van der Waals surface area contributed by atoms with Gasteiger partial charge in [-0.1, -0.05) is 21.6 Å². The lowest BCUT2D eigenvalue weighted by Gasteiger charge is -2.41. The molecule has 0 spiro atoms. The molecule has 8 heteroatoms. The molecule has 162 valence electrons. The summed E-state index contributed by atoms with van der Waals surface area (Å²) >= 11 is 0. The van der Waals surface area contributed by atoms with Gasteiger partial charge in [0.15, 0.2) is 0 Å². The highest BCUT2D eigenvalue weighted by molar-refractivity contribution is 7.51. The van der Waals surface area contributed by atoms with Gasteiger partial charge in [0.25, 0.3) is 5.91 Å². The van der Waals surface area contributed by atoms with Crippen molar-refractivity contribution in [3.05, 3.63) is 59.5 Å². The first-order valence-corrected chi connectivity index (χ1v) is 12.1. The second-order valence-corrected chi connectivity index (χ2v) is 10.1. The number of nitrogens with zero attached hydrogens (tertiary/aromatic N) is 5. The average molecular weight is 437 g/mol. The predicted octanol–water partition coefficient (Wildman–Crippen LogP) is 2.88. The molecule has 5 rings (SSSR count). The summed E-state index contributed by atoms with van der Waals surface area (Å²) in [7, 11) is 0.462.